The van der Waals surface area contributed by atoms with E-state index in [1.165, 1.54) is 70.8 Å². The fraction of sp³-hybridized carbons (Fsp3) is 1.00. The first-order valence-corrected chi connectivity index (χ1v) is 8.08. The molecule has 0 aromatic rings. The molecule has 0 spiro atoms. The van der Waals surface area contributed by atoms with Gasteiger partial charge in [0.2, 0.25) is 0 Å². The molecule has 2 aliphatic rings. The fourth-order valence-corrected chi connectivity index (χ4v) is 3.99. The molecule has 0 radical (unpaired) electrons. The standard InChI is InChI=1S/C16H31N/c1-3-4-5-6-7-9-15-12-11-14(2)16-10-8-13-17(15)16/h14-16H,3-13H2,1-2H3/t14-,15-,16+/m0/s1. The van der Waals surface area contributed by atoms with Gasteiger partial charge in [-0.05, 0) is 44.6 Å². The third kappa shape index (κ3) is 3.47. The monoisotopic (exact) mass is 237 g/mol. The second-order valence-electron chi connectivity index (χ2n) is 6.36. The highest BCUT2D eigenvalue weighted by atomic mass is 15.2. The van der Waals surface area contributed by atoms with Crippen LogP contribution in [0.1, 0.15) is 78.1 Å². The molecule has 2 aliphatic heterocycles. The lowest BCUT2D eigenvalue weighted by Gasteiger charge is -2.41. The topological polar surface area (TPSA) is 3.24 Å². The summed E-state index contributed by atoms with van der Waals surface area (Å²) in [5.74, 6) is 0.967. The van der Waals surface area contributed by atoms with Gasteiger partial charge in [-0.1, -0.05) is 46.0 Å². The van der Waals surface area contributed by atoms with Gasteiger partial charge in [-0.3, -0.25) is 4.90 Å². The first kappa shape index (κ1) is 13.4. The van der Waals surface area contributed by atoms with Crippen LogP contribution in [-0.4, -0.2) is 23.5 Å². The van der Waals surface area contributed by atoms with Crippen LogP contribution >= 0.6 is 0 Å². The molecule has 2 heterocycles. The highest BCUT2D eigenvalue weighted by Gasteiger charge is 2.37. The van der Waals surface area contributed by atoms with E-state index in [0.29, 0.717) is 0 Å². The number of fused-ring (bicyclic) bond motifs is 1. The first-order valence-electron chi connectivity index (χ1n) is 8.08. The van der Waals surface area contributed by atoms with Crippen molar-refractivity contribution in [1.29, 1.82) is 0 Å². The molecule has 2 saturated heterocycles. The molecule has 0 aromatic heterocycles. The van der Waals surface area contributed by atoms with E-state index in [1.807, 2.05) is 0 Å². The van der Waals surface area contributed by atoms with Crippen molar-refractivity contribution in [1.82, 2.24) is 4.90 Å². The Balaban J connectivity index is 1.69. The quantitative estimate of drug-likeness (QED) is 0.610. The number of hydrogen-bond donors (Lipinski definition) is 0. The zero-order chi connectivity index (χ0) is 12.1. The summed E-state index contributed by atoms with van der Waals surface area (Å²) in [6, 6.07) is 1.89. The minimum absolute atomic E-state index is 0.945. The molecular formula is C16H31N. The summed E-state index contributed by atoms with van der Waals surface area (Å²) < 4.78 is 0. The van der Waals surface area contributed by atoms with E-state index in [1.54, 1.807) is 0 Å². The molecule has 0 aromatic carbocycles. The van der Waals surface area contributed by atoms with Gasteiger partial charge in [-0.2, -0.15) is 0 Å². The van der Waals surface area contributed by atoms with Crippen LogP contribution in [0.2, 0.25) is 0 Å². The molecule has 2 fully saturated rings. The molecule has 100 valence electrons. The number of rotatable bonds is 6. The van der Waals surface area contributed by atoms with Gasteiger partial charge < -0.3 is 0 Å². The normalized spacial score (nSPS) is 33.9. The molecule has 0 saturated carbocycles. The molecule has 1 heteroatoms. The van der Waals surface area contributed by atoms with Crippen LogP contribution in [0.5, 0.6) is 0 Å². The molecule has 0 aliphatic carbocycles. The van der Waals surface area contributed by atoms with Crippen LogP contribution in [0.4, 0.5) is 0 Å². The second-order valence-corrected chi connectivity index (χ2v) is 6.36. The maximum Gasteiger partial charge on any atom is 0.0124 e. The Morgan fingerprint density at radius 1 is 1.00 bits per heavy atom. The molecule has 0 amide bonds. The van der Waals surface area contributed by atoms with Gasteiger partial charge in [0.25, 0.3) is 0 Å². The maximum absolute atomic E-state index is 2.87. The van der Waals surface area contributed by atoms with Crippen LogP contribution in [-0.2, 0) is 0 Å². The van der Waals surface area contributed by atoms with Gasteiger partial charge in [0, 0.05) is 12.1 Å². The Morgan fingerprint density at radius 3 is 2.65 bits per heavy atom. The van der Waals surface area contributed by atoms with Gasteiger partial charge in [0.05, 0.1) is 0 Å². The molecule has 2 rings (SSSR count). The zero-order valence-electron chi connectivity index (χ0n) is 12.0. The Morgan fingerprint density at radius 2 is 1.82 bits per heavy atom. The van der Waals surface area contributed by atoms with E-state index in [4.69, 9.17) is 0 Å². The average Bonchev–Trinajstić information content (AvgIpc) is 2.81. The molecule has 3 atom stereocenters. The van der Waals surface area contributed by atoms with Gasteiger partial charge >= 0.3 is 0 Å². The van der Waals surface area contributed by atoms with E-state index in [0.717, 1.165) is 18.0 Å². The highest BCUT2D eigenvalue weighted by molar-refractivity contribution is 4.92. The van der Waals surface area contributed by atoms with Crippen LogP contribution in [0.3, 0.4) is 0 Å². The Hall–Kier alpha value is -0.0400. The van der Waals surface area contributed by atoms with E-state index in [2.05, 4.69) is 18.7 Å². The van der Waals surface area contributed by atoms with Crippen molar-refractivity contribution >= 4 is 0 Å². The number of nitrogens with zero attached hydrogens (tertiary/aromatic N) is 1. The summed E-state index contributed by atoms with van der Waals surface area (Å²) in [6.45, 7) is 6.17. The molecule has 1 nitrogen and oxygen atoms in total. The van der Waals surface area contributed by atoms with Crippen molar-refractivity contribution in [2.75, 3.05) is 6.54 Å². The fourth-order valence-electron chi connectivity index (χ4n) is 3.99. The van der Waals surface area contributed by atoms with Gasteiger partial charge in [-0.25, -0.2) is 0 Å². The lowest BCUT2D eigenvalue weighted by Crippen LogP contribution is -2.46. The zero-order valence-corrected chi connectivity index (χ0v) is 12.0. The van der Waals surface area contributed by atoms with Crippen LogP contribution in [0.25, 0.3) is 0 Å². The van der Waals surface area contributed by atoms with Gasteiger partial charge in [-0.15, -0.1) is 0 Å². The molecule has 17 heavy (non-hydrogen) atoms. The minimum atomic E-state index is 0.945. The largest absolute Gasteiger partial charge is 0.297 e. The van der Waals surface area contributed by atoms with Crippen molar-refractivity contribution in [2.24, 2.45) is 5.92 Å². The third-order valence-electron chi connectivity index (χ3n) is 5.06. The van der Waals surface area contributed by atoms with Crippen molar-refractivity contribution in [3.8, 4) is 0 Å². The Labute approximate surface area is 108 Å². The van der Waals surface area contributed by atoms with Gasteiger partial charge in [0.15, 0.2) is 0 Å². The summed E-state index contributed by atoms with van der Waals surface area (Å²) in [5, 5.41) is 0. The Bertz CT molecular complexity index is 214. The third-order valence-corrected chi connectivity index (χ3v) is 5.06. The van der Waals surface area contributed by atoms with E-state index >= 15 is 0 Å². The van der Waals surface area contributed by atoms with E-state index < -0.39 is 0 Å². The van der Waals surface area contributed by atoms with Crippen LogP contribution in [0.15, 0.2) is 0 Å². The van der Waals surface area contributed by atoms with Crippen molar-refractivity contribution in [3.05, 3.63) is 0 Å². The number of unbranched alkanes of at least 4 members (excludes halogenated alkanes) is 4. The smallest absolute Gasteiger partial charge is 0.0124 e. The second kappa shape index (κ2) is 6.78. The number of piperidine rings is 1. The van der Waals surface area contributed by atoms with Crippen LogP contribution in [0, 0.1) is 5.92 Å². The highest BCUT2D eigenvalue weighted by Crippen LogP contribution is 2.36. The lowest BCUT2D eigenvalue weighted by atomic mass is 9.85. The number of hydrogen-bond acceptors (Lipinski definition) is 1. The van der Waals surface area contributed by atoms with Crippen molar-refractivity contribution in [3.63, 3.8) is 0 Å². The summed E-state index contributed by atoms with van der Waals surface area (Å²) >= 11 is 0. The van der Waals surface area contributed by atoms with Crippen molar-refractivity contribution < 1.29 is 0 Å². The summed E-state index contributed by atoms with van der Waals surface area (Å²) in [5.41, 5.74) is 0. The molecule has 0 unspecified atom stereocenters. The van der Waals surface area contributed by atoms with Crippen molar-refractivity contribution in [2.45, 2.75) is 90.1 Å². The molecule has 0 N–H and O–H groups in total. The van der Waals surface area contributed by atoms with Gasteiger partial charge in [0.1, 0.15) is 0 Å². The van der Waals surface area contributed by atoms with E-state index in [-0.39, 0.29) is 0 Å². The lowest BCUT2D eigenvalue weighted by molar-refractivity contribution is 0.0750. The minimum Gasteiger partial charge on any atom is -0.297 e. The summed E-state index contributed by atoms with van der Waals surface area (Å²) in [6.07, 6.45) is 14.6. The predicted molar refractivity (Wildman–Crippen MR) is 75.3 cm³/mol. The van der Waals surface area contributed by atoms with E-state index in [9.17, 15) is 0 Å². The SMILES string of the molecule is CCCCCCC[C@H]1CC[C@H](C)[C@H]2CCCN12. The molecule has 0 bridgehead atoms. The van der Waals surface area contributed by atoms with Crippen LogP contribution < -0.4 is 0 Å². The molecular weight excluding hydrogens is 206 g/mol. The Kier molecular flexibility index (Phi) is 5.34. The summed E-state index contributed by atoms with van der Waals surface area (Å²) in [4.78, 5) is 2.87. The predicted octanol–water partition coefficient (Wildman–Crippen LogP) is 4.61. The average molecular weight is 237 g/mol. The maximum atomic E-state index is 2.87. The summed E-state index contributed by atoms with van der Waals surface area (Å²) in [7, 11) is 0. The first-order chi connectivity index (χ1) is 8.33.